The molecule has 2 heteroatoms. The van der Waals surface area contributed by atoms with E-state index in [0.29, 0.717) is 0 Å². The van der Waals surface area contributed by atoms with E-state index in [9.17, 15) is 0 Å². The zero-order chi connectivity index (χ0) is 12.3. The van der Waals surface area contributed by atoms with Crippen LogP contribution in [0.3, 0.4) is 0 Å². The third-order valence-electron chi connectivity index (χ3n) is 3.81. The van der Waals surface area contributed by atoms with Crippen LogP contribution in [0.25, 0.3) is 0 Å². The molecule has 1 N–H and O–H groups in total. The molecule has 1 unspecified atom stereocenters. The summed E-state index contributed by atoms with van der Waals surface area (Å²) in [6.45, 7) is 4.51. The molecule has 1 aromatic rings. The van der Waals surface area contributed by atoms with Crippen molar-refractivity contribution >= 4 is 0 Å². The molecular weight excluding hydrogens is 208 g/mol. The quantitative estimate of drug-likeness (QED) is 0.809. The molecule has 1 saturated carbocycles. The fourth-order valence-electron chi connectivity index (χ4n) is 2.67. The zero-order valence-corrected chi connectivity index (χ0v) is 11.2. The van der Waals surface area contributed by atoms with Crippen molar-refractivity contribution in [2.45, 2.75) is 31.2 Å². The molecule has 1 fully saturated rings. The highest BCUT2D eigenvalue weighted by Crippen LogP contribution is 2.30. The largest absolute Gasteiger partial charge is 0.319 e. The molecule has 1 atom stereocenters. The van der Waals surface area contributed by atoms with Crippen LogP contribution in [0.4, 0.5) is 0 Å². The molecular formula is C15H24N2. The van der Waals surface area contributed by atoms with Gasteiger partial charge in [-0.2, -0.15) is 0 Å². The average molecular weight is 232 g/mol. The minimum absolute atomic E-state index is 0.202. The number of likely N-dealkylation sites (N-methyl/N-ethyl adjacent to an activating group) is 2. The molecule has 94 valence electrons. The third-order valence-corrected chi connectivity index (χ3v) is 3.81. The van der Waals surface area contributed by atoms with E-state index in [2.05, 4.69) is 54.5 Å². The molecule has 0 bridgehead atoms. The van der Waals surface area contributed by atoms with Crippen LogP contribution in [0.2, 0.25) is 0 Å². The molecule has 2 nitrogen and oxygen atoms in total. The van der Waals surface area contributed by atoms with Crippen molar-refractivity contribution in [1.82, 2.24) is 10.2 Å². The van der Waals surface area contributed by atoms with E-state index in [-0.39, 0.29) is 5.41 Å². The molecule has 1 aromatic carbocycles. The lowest BCUT2D eigenvalue weighted by molar-refractivity contribution is 0.244. The predicted octanol–water partition coefficient (Wildman–Crippen LogP) is 2.26. The molecule has 2 rings (SSSR count). The topological polar surface area (TPSA) is 15.3 Å². The molecule has 1 aliphatic rings. The van der Waals surface area contributed by atoms with E-state index < -0.39 is 0 Å². The summed E-state index contributed by atoms with van der Waals surface area (Å²) in [5.74, 6) is 0. The van der Waals surface area contributed by atoms with Crippen LogP contribution in [-0.4, -0.2) is 38.1 Å². The number of rotatable bonds is 6. The van der Waals surface area contributed by atoms with Gasteiger partial charge in [0.2, 0.25) is 0 Å². The molecule has 17 heavy (non-hydrogen) atoms. The van der Waals surface area contributed by atoms with Crippen LogP contribution < -0.4 is 5.32 Å². The fraction of sp³-hybridized carbons (Fsp3) is 0.600. The summed E-state index contributed by atoms with van der Waals surface area (Å²) in [5, 5.41) is 3.34. The van der Waals surface area contributed by atoms with Gasteiger partial charge in [0.15, 0.2) is 0 Å². The predicted molar refractivity (Wildman–Crippen MR) is 73.4 cm³/mol. The number of hydrogen-bond acceptors (Lipinski definition) is 2. The first-order valence-electron chi connectivity index (χ1n) is 6.56. The van der Waals surface area contributed by atoms with Gasteiger partial charge in [0.1, 0.15) is 0 Å². The van der Waals surface area contributed by atoms with Crippen molar-refractivity contribution in [2.75, 3.05) is 27.2 Å². The van der Waals surface area contributed by atoms with Crippen molar-refractivity contribution in [2.24, 2.45) is 0 Å². The molecule has 0 heterocycles. The Hall–Kier alpha value is -0.860. The first-order chi connectivity index (χ1) is 8.15. The Balaban J connectivity index is 2.13. The minimum atomic E-state index is 0.202. The first-order valence-corrected chi connectivity index (χ1v) is 6.56. The van der Waals surface area contributed by atoms with Gasteiger partial charge in [-0.15, -0.1) is 0 Å². The van der Waals surface area contributed by atoms with Gasteiger partial charge in [-0.1, -0.05) is 37.3 Å². The standard InChI is InChI=1S/C15H24N2/c1-15(11-16-2,12-17(3)14-9-10-14)13-7-5-4-6-8-13/h4-8,14,16H,9-12H2,1-3H3. The van der Waals surface area contributed by atoms with Gasteiger partial charge < -0.3 is 10.2 Å². The van der Waals surface area contributed by atoms with Crippen molar-refractivity contribution in [3.63, 3.8) is 0 Å². The summed E-state index contributed by atoms with van der Waals surface area (Å²) in [4.78, 5) is 2.52. The van der Waals surface area contributed by atoms with Crippen LogP contribution in [0, 0.1) is 0 Å². The Kier molecular flexibility index (Phi) is 3.85. The third kappa shape index (κ3) is 3.08. The van der Waals surface area contributed by atoms with Crippen molar-refractivity contribution in [3.8, 4) is 0 Å². The molecule has 0 aliphatic heterocycles. The molecule has 1 aliphatic carbocycles. The normalized spacial score (nSPS) is 19.3. The van der Waals surface area contributed by atoms with E-state index >= 15 is 0 Å². The van der Waals surface area contributed by atoms with Crippen molar-refractivity contribution in [1.29, 1.82) is 0 Å². The molecule has 0 saturated heterocycles. The Labute approximate surface area is 105 Å². The maximum Gasteiger partial charge on any atom is 0.0176 e. The second-order valence-electron chi connectivity index (χ2n) is 5.60. The average Bonchev–Trinajstić information content (AvgIpc) is 3.14. The Morgan fingerprint density at radius 2 is 1.94 bits per heavy atom. The summed E-state index contributed by atoms with van der Waals surface area (Å²) in [5.41, 5.74) is 1.63. The SMILES string of the molecule is CNCC(C)(CN(C)C1CC1)c1ccccc1. The van der Waals surface area contributed by atoms with Crippen LogP contribution in [0.5, 0.6) is 0 Å². The fourth-order valence-corrected chi connectivity index (χ4v) is 2.67. The van der Waals surface area contributed by atoms with E-state index in [0.717, 1.165) is 19.1 Å². The van der Waals surface area contributed by atoms with Gasteiger partial charge in [0.25, 0.3) is 0 Å². The lowest BCUT2D eigenvalue weighted by atomic mass is 9.82. The number of hydrogen-bond donors (Lipinski definition) is 1. The molecule has 0 radical (unpaired) electrons. The van der Waals surface area contributed by atoms with E-state index in [1.807, 2.05) is 7.05 Å². The van der Waals surface area contributed by atoms with Crippen molar-refractivity contribution < 1.29 is 0 Å². The molecule has 0 amide bonds. The van der Waals surface area contributed by atoms with Gasteiger partial charge in [-0.3, -0.25) is 0 Å². The van der Waals surface area contributed by atoms with E-state index in [1.165, 1.54) is 18.4 Å². The second kappa shape index (κ2) is 5.19. The summed E-state index contributed by atoms with van der Waals surface area (Å²) in [6.07, 6.45) is 2.75. The number of nitrogens with one attached hydrogen (secondary N) is 1. The molecule has 0 spiro atoms. The van der Waals surface area contributed by atoms with Gasteiger partial charge >= 0.3 is 0 Å². The maximum atomic E-state index is 3.34. The lowest BCUT2D eigenvalue weighted by Gasteiger charge is -2.34. The smallest absolute Gasteiger partial charge is 0.0176 e. The van der Waals surface area contributed by atoms with E-state index in [1.54, 1.807) is 0 Å². The van der Waals surface area contributed by atoms with Crippen LogP contribution >= 0.6 is 0 Å². The zero-order valence-electron chi connectivity index (χ0n) is 11.2. The summed E-state index contributed by atoms with van der Waals surface area (Å²) in [6, 6.07) is 11.7. The van der Waals surface area contributed by atoms with Crippen LogP contribution in [0.15, 0.2) is 30.3 Å². The van der Waals surface area contributed by atoms with Gasteiger partial charge in [-0.25, -0.2) is 0 Å². The second-order valence-corrected chi connectivity index (χ2v) is 5.60. The highest BCUT2D eigenvalue weighted by molar-refractivity contribution is 5.25. The minimum Gasteiger partial charge on any atom is -0.319 e. The summed E-state index contributed by atoms with van der Waals surface area (Å²) < 4.78 is 0. The lowest BCUT2D eigenvalue weighted by Crippen LogP contribution is -2.44. The van der Waals surface area contributed by atoms with Gasteiger partial charge in [-0.05, 0) is 32.5 Å². The highest BCUT2D eigenvalue weighted by Gasteiger charge is 2.33. The molecule has 0 aromatic heterocycles. The highest BCUT2D eigenvalue weighted by atomic mass is 15.2. The Bertz CT molecular complexity index is 345. The Morgan fingerprint density at radius 1 is 1.29 bits per heavy atom. The number of benzene rings is 1. The van der Waals surface area contributed by atoms with Gasteiger partial charge in [0.05, 0.1) is 0 Å². The Morgan fingerprint density at radius 3 is 2.47 bits per heavy atom. The first kappa shape index (κ1) is 12.6. The van der Waals surface area contributed by atoms with Crippen molar-refractivity contribution in [3.05, 3.63) is 35.9 Å². The summed E-state index contributed by atoms with van der Waals surface area (Å²) in [7, 11) is 4.30. The monoisotopic (exact) mass is 232 g/mol. The van der Waals surface area contributed by atoms with Crippen LogP contribution in [0.1, 0.15) is 25.3 Å². The summed E-state index contributed by atoms with van der Waals surface area (Å²) >= 11 is 0. The van der Waals surface area contributed by atoms with E-state index in [4.69, 9.17) is 0 Å². The maximum absolute atomic E-state index is 3.34. The van der Waals surface area contributed by atoms with Crippen LogP contribution in [-0.2, 0) is 5.41 Å². The van der Waals surface area contributed by atoms with Gasteiger partial charge in [0, 0.05) is 24.5 Å². The number of nitrogens with zero attached hydrogens (tertiary/aromatic N) is 1.